The van der Waals surface area contributed by atoms with Crippen LogP contribution < -0.4 is 26.2 Å². The standard InChI is InChI=1S/C29H26F3N5O5/c30-29(31,32)42-24-14-20(21-8-9-25(33-16-21)36-10-12-41-13-11-36)6-7-22(24)17-34-27(39)23-15-26(38)37(28(40)35-23)18-19-4-2-1-3-5-19/h1-9,14-16H,10-13,17-18H2,(H,34,39)(H,35,40). The Hall–Kier alpha value is -4.91. The van der Waals surface area contributed by atoms with Gasteiger partial charge in [-0.2, -0.15) is 0 Å². The number of rotatable bonds is 8. The summed E-state index contributed by atoms with van der Waals surface area (Å²) in [5.41, 5.74) is -0.0777. The Morgan fingerprint density at radius 3 is 2.40 bits per heavy atom. The number of ether oxygens (including phenoxy) is 2. The minimum absolute atomic E-state index is 0.00680. The first-order chi connectivity index (χ1) is 20.2. The molecule has 1 amide bonds. The molecule has 0 unspecified atom stereocenters. The van der Waals surface area contributed by atoms with Crippen LogP contribution in [0.15, 0.2) is 82.5 Å². The lowest BCUT2D eigenvalue weighted by molar-refractivity contribution is -0.274. The van der Waals surface area contributed by atoms with Gasteiger partial charge in [0, 0.05) is 43.0 Å². The molecule has 1 fully saturated rings. The molecule has 0 radical (unpaired) electrons. The number of hydrogen-bond acceptors (Lipinski definition) is 7. The number of hydrogen-bond donors (Lipinski definition) is 2. The fraction of sp³-hybridized carbons (Fsp3) is 0.241. The van der Waals surface area contributed by atoms with Crippen molar-refractivity contribution in [2.45, 2.75) is 19.5 Å². The molecule has 1 aliphatic heterocycles. The maximum Gasteiger partial charge on any atom is 0.573 e. The predicted octanol–water partition coefficient (Wildman–Crippen LogP) is 3.31. The number of anilines is 1. The number of aromatic nitrogens is 3. The molecule has 3 heterocycles. The van der Waals surface area contributed by atoms with Crippen molar-refractivity contribution in [2.24, 2.45) is 0 Å². The quantitative estimate of drug-likeness (QED) is 0.328. The van der Waals surface area contributed by atoms with Gasteiger partial charge in [0.1, 0.15) is 17.3 Å². The molecule has 42 heavy (non-hydrogen) atoms. The number of morpholine rings is 1. The largest absolute Gasteiger partial charge is 0.573 e. The van der Waals surface area contributed by atoms with Crippen LogP contribution in [0.2, 0.25) is 0 Å². The first-order valence-corrected chi connectivity index (χ1v) is 13.0. The highest BCUT2D eigenvalue weighted by atomic mass is 19.4. The second kappa shape index (κ2) is 12.3. The van der Waals surface area contributed by atoms with E-state index in [1.165, 1.54) is 12.1 Å². The van der Waals surface area contributed by atoms with Gasteiger partial charge in [0.25, 0.3) is 11.5 Å². The van der Waals surface area contributed by atoms with Gasteiger partial charge in [-0.3, -0.25) is 14.2 Å². The third-order valence-electron chi connectivity index (χ3n) is 6.60. The molecule has 1 saturated heterocycles. The molecule has 0 atom stereocenters. The molecule has 10 nitrogen and oxygen atoms in total. The minimum atomic E-state index is -4.98. The van der Waals surface area contributed by atoms with Gasteiger partial charge in [0.2, 0.25) is 0 Å². The van der Waals surface area contributed by atoms with Crippen LogP contribution in [0.25, 0.3) is 11.1 Å². The monoisotopic (exact) mass is 581 g/mol. The van der Waals surface area contributed by atoms with Gasteiger partial charge in [0.15, 0.2) is 0 Å². The molecule has 2 aromatic carbocycles. The number of carbonyl (C=O) groups is 1. The maximum absolute atomic E-state index is 13.2. The number of carbonyl (C=O) groups excluding carboxylic acids is 1. The molecule has 0 aliphatic carbocycles. The van der Waals surface area contributed by atoms with Gasteiger partial charge in [-0.25, -0.2) is 9.78 Å². The number of nitrogens with one attached hydrogen (secondary N) is 2. The molecule has 4 aromatic rings. The summed E-state index contributed by atoms with van der Waals surface area (Å²) in [5.74, 6) is -0.621. The van der Waals surface area contributed by atoms with Gasteiger partial charge in [-0.15, -0.1) is 13.2 Å². The van der Waals surface area contributed by atoms with Crippen LogP contribution in [-0.4, -0.2) is 53.1 Å². The average molecular weight is 582 g/mol. The van der Waals surface area contributed by atoms with Gasteiger partial charge < -0.3 is 24.7 Å². The third-order valence-corrected chi connectivity index (χ3v) is 6.60. The summed E-state index contributed by atoms with van der Waals surface area (Å²) in [6.45, 7) is 2.20. The van der Waals surface area contributed by atoms with Crippen molar-refractivity contribution in [3.05, 3.63) is 111 Å². The van der Waals surface area contributed by atoms with E-state index in [1.807, 2.05) is 0 Å². The first kappa shape index (κ1) is 28.6. The highest BCUT2D eigenvalue weighted by Crippen LogP contribution is 2.32. The summed E-state index contributed by atoms with van der Waals surface area (Å²) in [5, 5.41) is 2.44. The molecule has 0 saturated carbocycles. The van der Waals surface area contributed by atoms with Crippen LogP contribution in [-0.2, 0) is 17.8 Å². The van der Waals surface area contributed by atoms with E-state index in [2.05, 4.69) is 24.9 Å². The second-order valence-corrected chi connectivity index (χ2v) is 9.46. The van der Waals surface area contributed by atoms with Crippen molar-refractivity contribution < 1.29 is 27.4 Å². The van der Waals surface area contributed by atoms with Gasteiger partial charge >= 0.3 is 12.1 Å². The van der Waals surface area contributed by atoms with E-state index in [1.54, 1.807) is 54.7 Å². The van der Waals surface area contributed by atoms with Gasteiger partial charge in [0.05, 0.1) is 19.8 Å². The average Bonchev–Trinajstić information content (AvgIpc) is 2.98. The summed E-state index contributed by atoms with van der Waals surface area (Å²) in [6, 6.07) is 17.5. The topological polar surface area (TPSA) is 119 Å². The van der Waals surface area contributed by atoms with Crippen molar-refractivity contribution in [3.8, 4) is 16.9 Å². The molecule has 5 rings (SSSR count). The van der Waals surface area contributed by atoms with Gasteiger partial charge in [-0.05, 0) is 29.3 Å². The lowest BCUT2D eigenvalue weighted by Gasteiger charge is -2.27. The van der Waals surface area contributed by atoms with E-state index in [-0.39, 0.29) is 24.3 Å². The van der Waals surface area contributed by atoms with Crippen LogP contribution in [0.5, 0.6) is 5.75 Å². The number of halogens is 3. The number of nitrogens with zero attached hydrogens (tertiary/aromatic N) is 3. The summed E-state index contributed by atoms with van der Waals surface area (Å²) in [6.07, 6.45) is -3.42. The van der Waals surface area contributed by atoms with Gasteiger partial charge in [-0.1, -0.05) is 42.5 Å². The third kappa shape index (κ3) is 7.04. The Morgan fingerprint density at radius 1 is 1.00 bits per heavy atom. The van der Waals surface area contributed by atoms with Crippen LogP contribution in [0, 0.1) is 0 Å². The van der Waals surface area contributed by atoms with Crippen LogP contribution >= 0.6 is 0 Å². The molecule has 0 bridgehead atoms. The van der Waals surface area contributed by atoms with E-state index >= 15 is 0 Å². The van der Waals surface area contributed by atoms with E-state index in [0.29, 0.717) is 43.0 Å². The summed E-state index contributed by atoms with van der Waals surface area (Å²) >= 11 is 0. The molecule has 13 heteroatoms. The molecular formula is C29H26F3N5O5. The zero-order chi connectivity index (χ0) is 29.7. The van der Waals surface area contributed by atoms with Crippen molar-refractivity contribution in [2.75, 3.05) is 31.2 Å². The van der Waals surface area contributed by atoms with Crippen LogP contribution in [0.4, 0.5) is 19.0 Å². The first-order valence-electron chi connectivity index (χ1n) is 13.0. The number of H-pyrrole nitrogens is 1. The summed E-state index contributed by atoms with van der Waals surface area (Å²) in [7, 11) is 0. The zero-order valence-electron chi connectivity index (χ0n) is 22.2. The molecule has 0 spiro atoms. The van der Waals surface area contributed by atoms with Crippen molar-refractivity contribution in [1.29, 1.82) is 0 Å². The van der Waals surface area contributed by atoms with Crippen molar-refractivity contribution in [1.82, 2.24) is 19.9 Å². The molecular weight excluding hydrogens is 555 g/mol. The fourth-order valence-corrected chi connectivity index (χ4v) is 4.47. The lowest BCUT2D eigenvalue weighted by atomic mass is 10.0. The number of pyridine rings is 1. The second-order valence-electron chi connectivity index (χ2n) is 9.46. The van der Waals surface area contributed by atoms with E-state index in [9.17, 15) is 27.6 Å². The Bertz CT molecular complexity index is 1630. The molecule has 1 aliphatic rings. The number of alkyl halides is 3. The van der Waals surface area contributed by atoms with E-state index in [4.69, 9.17) is 4.74 Å². The predicted molar refractivity (Wildman–Crippen MR) is 147 cm³/mol. The Morgan fingerprint density at radius 2 is 1.74 bits per heavy atom. The number of amides is 1. The van der Waals surface area contributed by atoms with E-state index in [0.717, 1.165) is 16.5 Å². The maximum atomic E-state index is 13.2. The zero-order valence-corrected chi connectivity index (χ0v) is 22.2. The highest BCUT2D eigenvalue weighted by molar-refractivity contribution is 5.92. The van der Waals surface area contributed by atoms with Crippen molar-refractivity contribution >= 4 is 11.7 Å². The van der Waals surface area contributed by atoms with Crippen molar-refractivity contribution in [3.63, 3.8) is 0 Å². The Kier molecular flexibility index (Phi) is 8.38. The Balaban J connectivity index is 1.32. The normalized spacial score (nSPS) is 13.5. The molecule has 218 valence electrons. The minimum Gasteiger partial charge on any atom is -0.405 e. The SMILES string of the molecule is O=C(NCc1ccc(-c2ccc(N3CCOCC3)nc2)cc1OC(F)(F)F)c1cc(=O)n(Cc2ccccc2)c(=O)[nH]1. The molecule has 2 aromatic heterocycles. The lowest BCUT2D eigenvalue weighted by Crippen LogP contribution is -2.38. The van der Waals surface area contributed by atoms with Crippen LogP contribution in [0.3, 0.4) is 0 Å². The number of aromatic amines is 1. The summed E-state index contributed by atoms with van der Waals surface area (Å²) in [4.78, 5) is 46.6. The highest BCUT2D eigenvalue weighted by Gasteiger charge is 2.32. The smallest absolute Gasteiger partial charge is 0.405 e. The van der Waals surface area contributed by atoms with E-state index < -0.39 is 29.3 Å². The Labute approximate surface area is 237 Å². The fourth-order valence-electron chi connectivity index (χ4n) is 4.47. The van der Waals surface area contributed by atoms with Crippen LogP contribution in [0.1, 0.15) is 21.6 Å². The summed E-state index contributed by atoms with van der Waals surface area (Å²) < 4.78 is 50.3. The molecule has 2 N–H and O–H groups in total. The number of benzene rings is 2.